The van der Waals surface area contributed by atoms with Crippen molar-refractivity contribution < 1.29 is 17.6 Å². The number of nitrogens with zero attached hydrogens (tertiary/aromatic N) is 2. The highest BCUT2D eigenvalue weighted by atomic mass is 32.2. The second-order valence-corrected chi connectivity index (χ2v) is 8.73. The van der Waals surface area contributed by atoms with Gasteiger partial charge in [-0.15, -0.1) is 0 Å². The first kappa shape index (κ1) is 17.1. The minimum Gasteiger partial charge on any atom is -0.297 e. The number of aromatic nitrogens is 1. The van der Waals surface area contributed by atoms with E-state index in [9.17, 15) is 17.6 Å². The van der Waals surface area contributed by atoms with Crippen LogP contribution >= 0.6 is 0 Å². The van der Waals surface area contributed by atoms with Gasteiger partial charge in [0.15, 0.2) is 0 Å². The molecule has 0 bridgehead atoms. The smallest absolute Gasteiger partial charge is 0.259 e. The van der Waals surface area contributed by atoms with Gasteiger partial charge in [0, 0.05) is 18.3 Å². The predicted molar refractivity (Wildman–Crippen MR) is 94.7 cm³/mol. The zero-order chi connectivity index (χ0) is 18.5. The van der Waals surface area contributed by atoms with Gasteiger partial charge in [-0.2, -0.15) is 0 Å². The summed E-state index contributed by atoms with van der Waals surface area (Å²) in [6, 6.07) is 6.02. The molecule has 1 N–H and O–H groups in total. The molecular weight excluding hydrogens is 357 g/mol. The lowest BCUT2D eigenvalue weighted by Crippen LogP contribution is -2.33. The van der Waals surface area contributed by atoms with E-state index < -0.39 is 15.6 Å². The van der Waals surface area contributed by atoms with Crippen LogP contribution in [0.25, 0.3) is 0 Å². The number of fused-ring (bicyclic) bond motifs is 2. The molecular formula is C18H18FN3O3S. The highest BCUT2D eigenvalue weighted by Crippen LogP contribution is 2.57. The standard InChI is InChI=1S/C18H18FN3O3S/c1-2-26(24,25)21-10-12-7-14(11-20-9-12)22-17(23)15-4-3-13(19)8-16(15)18(22)5-6-18/h3-4,7-9,11,21H,2,5-6,10H2,1H3. The maximum absolute atomic E-state index is 13.7. The maximum atomic E-state index is 13.7. The number of pyridine rings is 1. The van der Waals surface area contributed by atoms with E-state index in [1.165, 1.54) is 18.2 Å². The Morgan fingerprint density at radius 2 is 2.04 bits per heavy atom. The molecule has 1 saturated carbocycles. The number of nitrogens with one attached hydrogen (secondary N) is 1. The van der Waals surface area contributed by atoms with Gasteiger partial charge in [-0.1, -0.05) is 0 Å². The average molecular weight is 375 g/mol. The summed E-state index contributed by atoms with van der Waals surface area (Å²) in [5.41, 5.74) is 1.99. The number of anilines is 1. The topological polar surface area (TPSA) is 79.4 Å². The fourth-order valence-corrected chi connectivity index (χ4v) is 4.08. The lowest BCUT2D eigenvalue weighted by Gasteiger charge is -2.25. The lowest BCUT2D eigenvalue weighted by atomic mass is 10.0. The van der Waals surface area contributed by atoms with E-state index in [0.29, 0.717) is 16.8 Å². The zero-order valence-electron chi connectivity index (χ0n) is 14.2. The summed E-state index contributed by atoms with van der Waals surface area (Å²) >= 11 is 0. The van der Waals surface area contributed by atoms with Crippen molar-refractivity contribution in [2.45, 2.75) is 31.8 Å². The van der Waals surface area contributed by atoms with E-state index in [2.05, 4.69) is 9.71 Å². The third-order valence-electron chi connectivity index (χ3n) is 4.98. The number of sulfonamides is 1. The quantitative estimate of drug-likeness (QED) is 0.870. The van der Waals surface area contributed by atoms with Gasteiger partial charge in [0.25, 0.3) is 5.91 Å². The summed E-state index contributed by atoms with van der Waals surface area (Å²) in [6.45, 7) is 1.67. The largest absolute Gasteiger partial charge is 0.297 e. The third kappa shape index (κ3) is 2.69. The lowest BCUT2D eigenvalue weighted by molar-refractivity contribution is 0.0989. The van der Waals surface area contributed by atoms with Gasteiger partial charge < -0.3 is 0 Å². The number of hydrogen-bond acceptors (Lipinski definition) is 4. The van der Waals surface area contributed by atoms with Crippen molar-refractivity contribution in [2.24, 2.45) is 0 Å². The second-order valence-electron chi connectivity index (χ2n) is 6.64. The molecule has 1 fully saturated rings. The van der Waals surface area contributed by atoms with Crippen molar-refractivity contribution in [1.29, 1.82) is 0 Å². The molecule has 136 valence electrons. The monoisotopic (exact) mass is 375 g/mol. The van der Waals surface area contributed by atoms with E-state index in [1.807, 2.05) is 0 Å². The van der Waals surface area contributed by atoms with Crippen molar-refractivity contribution in [3.8, 4) is 0 Å². The Morgan fingerprint density at radius 3 is 2.73 bits per heavy atom. The third-order valence-corrected chi connectivity index (χ3v) is 6.33. The fourth-order valence-electron chi connectivity index (χ4n) is 3.49. The fraction of sp³-hybridized carbons (Fsp3) is 0.333. The van der Waals surface area contributed by atoms with Gasteiger partial charge in [-0.25, -0.2) is 17.5 Å². The van der Waals surface area contributed by atoms with E-state index in [1.54, 1.807) is 30.3 Å². The molecule has 1 aliphatic heterocycles. The van der Waals surface area contributed by atoms with E-state index in [-0.39, 0.29) is 24.0 Å². The average Bonchev–Trinajstić information content (AvgIpc) is 3.37. The molecule has 0 radical (unpaired) electrons. The van der Waals surface area contributed by atoms with Gasteiger partial charge >= 0.3 is 0 Å². The SMILES string of the molecule is CCS(=O)(=O)NCc1cncc(N2C(=O)c3ccc(F)cc3C23CC3)c1. The molecule has 0 saturated heterocycles. The molecule has 4 rings (SSSR count). The van der Waals surface area contributed by atoms with Crippen LogP contribution in [0.2, 0.25) is 0 Å². The number of carbonyl (C=O) groups excluding carboxylic acids is 1. The molecule has 26 heavy (non-hydrogen) atoms. The normalized spacial score (nSPS) is 17.6. The van der Waals surface area contributed by atoms with Crippen LogP contribution in [0.15, 0.2) is 36.7 Å². The van der Waals surface area contributed by atoms with Gasteiger partial charge in [-0.05, 0) is 55.2 Å². The van der Waals surface area contributed by atoms with Gasteiger partial charge in [0.1, 0.15) is 5.82 Å². The molecule has 2 aliphatic rings. The van der Waals surface area contributed by atoms with Crippen LogP contribution in [0.3, 0.4) is 0 Å². The first-order valence-electron chi connectivity index (χ1n) is 8.42. The molecule has 1 spiro atoms. The maximum Gasteiger partial charge on any atom is 0.259 e. The van der Waals surface area contributed by atoms with Crippen LogP contribution in [-0.2, 0) is 22.1 Å². The van der Waals surface area contributed by atoms with Crippen molar-refractivity contribution in [3.63, 3.8) is 0 Å². The van der Waals surface area contributed by atoms with E-state index >= 15 is 0 Å². The number of carbonyl (C=O) groups is 1. The Kier molecular flexibility index (Phi) is 3.85. The zero-order valence-corrected chi connectivity index (χ0v) is 15.0. The second kappa shape index (κ2) is 5.85. The minimum atomic E-state index is -3.32. The number of halogens is 1. The number of rotatable bonds is 5. The number of hydrogen-bond donors (Lipinski definition) is 1. The summed E-state index contributed by atoms with van der Waals surface area (Å²) in [6.07, 6.45) is 4.68. The molecule has 8 heteroatoms. The van der Waals surface area contributed by atoms with E-state index in [4.69, 9.17) is 0 Å². The van der Waals surface area contributed by atoms with Crippen LogP contribution in [0, 0.1) is 5.82 Å². The van der Waals surface area contributed by atoms with Crippen LogP contribution in [0.1, 0.15) is 41.3 Å². The summed E-state index contributed by atoms with van der Waals surface area (Å²) in [4.78, 5) is 18.7. The summed E-state index contributed by atoms with van der Waals surface area (Å²) in [5.74, 6) is -0.537. The van der Waals surface area contributed by atoms with Crippen molar-refractivity contribution in [3.05, 3.63) is 59.2 Å². The van der Waals surface area contributed by atoms with Crippen molar-refractivity contribution in [1.82, 2.24) is 9.71 Å². The number of benzene rings is 1. The first-order valence-corrected chi connectivity index (χ1v) is 10.1. The Morgan fingerprint density at radius 1 is 1.27 bits per heavy atom. The van der Waals surface area contributed by atoms with Gasteiger partial charge in [0.2, 0.25) is 10.0 Å². The molecule has 0 atom stereocenters. The van der Waals surface area contributed by atoms with Crippen LogP contribution in [0.5, 0.6) is 0 Å². The predicted octanol–water partition coefficient (Wildman–Crippen LogP) is 2.31. The minimum absolute atomic E-state index is 0.00524. The van der Waals surface area contributed by atoms with Crippen LogP contribution in [0.4, 0.5) is 10.1 Å². The number of amides is 1. The Hall–Kier alpha value is -2.32. The molecule has 0 unspecified atom stereocenters. The van der Waals surface area contributed by atoms with E-state index in [0.717, 1.165) is 18.4 Å². The molecule has 1 aromatic heterocycles. The molecule has 1 amide bonds. The Bertz CT molecular complexity index is 1000. The van der Waals surface area contributed by atoms with Crippen molar-refractivity contribution >= 4 is 21.6 Å². The molecule has 2 aromatic rings. The van der Waals surface area contributed by atoms with Gasteiger partial charge in [-0.3, -0.25) is 14.7 Å². The molecule has 2 heterocycles. The van der Waals surface area contributed by atoms with Gasteiger partial charge in [0.05, 0.1) is 23.2 Å². The summed E-state index contributed by atoms with van der Waals surface area (Å²) < 4.78 is 39.4. The highest BCUT2D eigenvalue weighted by Gasteiger charge is 2.58. The summed E-state index contributed by atoms with van der Waals surface area (Å²) in [5, 5.41) is 0. The molecule has 1 aromatic carbocycles. The van der Waals surface area contributed by atoms with Crippen LogP contribution < -0.4 is 9.62 Å². The highest BCUT2D eigenvalue weighted by molar-refractivity contribution is 7.89. The van der Waals surface area contributed by atoms with Crippen molar-refractivity contribution in [2.75, 3.05) is 10.7 Å². The Labute approximate surface area is 151 Å². The molecule has 6 nitrogen and oxygen atoms in total. The van der Waals surface area contributed by atoms with Crippen LogP contribution in [-0.4, -0.2) is 25.1 Å². The summed E-state index contributed by atoms with van der Waals surface area (Å²) in [7, 11) is -3.32. The first-order chi connectivity index (χ1) is 12.4. The Balaban J connectivity index is 1.67. The molecule has 1 aliphatic carbocycles.